The van der Waals surface area contributed by atoms with Crippen LogP contribution in [0.1, 0.15) is 51.0 Å². The van der Waals surface area contributed by atoms with Gasteiger partial charge >= 0.3 is 0 Å². The van der Waals surface area contributed by atoms with Crippen molar-refractivity contribution in [2.45, 2.75) is 52.4 Å². The Morgan fingerprint density at radius 1 is 1.36 bits per heavy atom. The van der Waals surface area contributed by atoms with Crippen molar-refractivity contribution in [2.24, 2.45) is 22.9 Å². The molecular weight excluding hydrogens is 336 g/mol. The van der Waals surface area contributed by atoms with Crippen LogP contribution in [0.15, 0.2) is 23.3 Å². The van der Waals surface area contributed by atoms with E-state index in [4.69, 9.17) is 16.3 Å². The zero-order valence-electron chi connectivity index (χ0n) is 15.1. The predicted octanol–water partition coefficient (Wildman–Crippen LogP) is 4.74. The first-order valence-corrected chi connectivity index (χ1v) is 9.62. The lowest BCUT2D eigenvalue weighted by atomic mass is 9.86. The highest BCUT2D eigenvalue weighted by Gasteiger charge is 2.40. The van der Waals surface area contributed by atoms with Gasteiger partial charge in [-0.1, -0.05) is 18.0 Å². The number of halogens is 1. The Morgan fingerprint density at radius 3 is 2.88 bits per heavy atom. The number of carbonyl (C=O) groups is 1. The number of ether oxygens (including phenoxy) is 1. The quantitative estimate of drug-likeness (QED) is 0.433. The van der Waals surface area contributed by atoms with Crippen LogP contribution in [-0.2, 0) is 4.79 Å². The number of aryl methyl sites for hydroxylation is 1. The highest BCUT2D eigenvalue weighted by molar-refractivity contribution is 6.30. The van der Waals surface area contributed by atoms with Gasteiger partial charge in [0.15, 0.2) is 0 Å². The maximum absolute atomic E-state index is 12.0. The fourth-order valence-electron chi connectivity index (χ4n) is 4.24. The monoisotopic (exact) mass is 362 g/mol. The summed E-state index contributed by atoms with van der Waals surface area (Å²) in [6.07, 6.45) is 6.40. The van der Waals surface area contributed by atoms with Gasteiger partial charge in [-0.3, -0.25) is 4.79 Å². The maximum Gasteiger partial charge on any atom is 0.240 e. The smallest absolute Gasteiger partial charge is 0.240 e. The second-order valence-corrected chi connectivity index (χ2v) is 7.87. The first-order chi connectivity index (χ1) is 12.0. The van der Waals surface area contributed by atoms with Gasteiger partial charge in [0.25, 0.3) is 0 Å². The van der Waals surface area contributed by atoms with Crippen molar-refractivity contribution in [3.8, 4) is 5.75 Å². The van der Waals surface area contributed by atoms with E-state index >= 15 is 0 Å². The molecule has 5 heteroatoms. The van der Waals surface area contributed by atoms with E-state index in [0.717, 1.165) is 28.9 Å². The molecule has 4 nitrogen and oxygen atoms in total. The van der Waals surface area contributed by atoms with Crippen molar-refractivity contribution in [3.63, 3.8) is 0 Å². The molecule has 0 radical (unpaired) electrons. The molecular formula is C20H27ClN2O2. The van der Waals surface area contributed by atoms with Crippen LogP contribution in [0, 0.1) is 24.7 Å². The normalized spacial score (nSPS) is 25.2. The minimum atomic E-state index is -0.0427. The summed E-state index contributed by atoms with van der Waals surface area (Å²) in [4.78, 5) is 12.0. The summed E-state index contributed by atoms with van der Waals surface area (Å²) in [7, 11) is 0. The zero-order valence-corrected chi connectivity index (χ0v) is 15.8. The lowest BCUT2D eigenvalue weighted by Crippen LogP contribution is -2.24. The first kappa shape index (κ1) is 18.2. The molecule has 25 heavy (non-hydrogen) atoms. The van der Waals surface area contributed by atoms with Gasteiger partial charge in [0.05, 0.1) is 6.61 Å². The minimum absolute atomic E-state index is 0.0427. The second kappa shape index (κ2) is 8.22. The third-order valence-electron chi connectivity index (χ3n) is 5.57. The highest BCUT2D eigenvalue weighted by atomic mass is 35.5. The van der Waals surface area contributed by atoms with E-state index in [1.807, 2.05) is 25.1 Å². The zero-order chi connectivity index (χ0) is 17.8. The summed E-state index contributed by atoms with van der Waals surface area (Å²) in [5.74, 6) is 3.04. The van der Waals surface area contributed by atoms with Crippen LogP contribution in [0.2, 0.25) is 5.02 Å². The predicted molar refractivity (Wildman–Crippen MR) is 101 cm³/mol. The molecule has 2 aliphatic carbocycles. The number of fused-ring (bicyclic) bond motifs is 2. The summed E-state index contributed by atoms with van der Waals surface area (Å²) >= 11 is 5.93. The molecule has 0 heterocycles. The molecule has 1 N–H and O–H groups in total. The van der Waals surface area contributed by atoms with Crippen LogP contribution in [0.3, 0.4) is 0 Å². The molecule has 0 aliphatic heterocycles. The Balaban J connectivity index is 1.36. The van der Waals surface area contributed by atoms with Gasteiger partial charge in [0.1, 0.15) is 5.75 Å². The second-order valence-electron chi connectivity index (χ2n) is 7.43. The van der Waals surface area contributed by atoms with Crippen molar-refractivity contribution in [1.82, 2.24) is 5.43 Å². The van der Waals surface area contributed by atoms with Crippen molar-refractivity contribution in [2.75, 3.05) is 6.61 Å². The summed E-state index contributed by atoms with van der Waals surface area (Å²) in [5.41, 5.74) is 4.81. The molecule has 3 atom stereocenters. The fourth-order valence-corrected chi connectivity index (χ4v) is 4.46. The Hall–Kier alpha value is -1.55. The minimum Gasteiger partial charge on any atom is -0.493 e. The Bertz CT molecular complexity index is 659. The number of benzene rings is 1. The van der Waals surface area contributed by atoms with Crippen LogP contribution < -0.4 is 10.2 Å². The molecule has 3 rings (SSSR count). The largest absolute Gasteiger partial charge is 0.493 e. The van der Waals surface area contributed by atoms with Crippen LogP contribution in [0.25, 0.3) is 0 Å². The number of hydrogen-bond acceptors (Lipinski definition) is 3. The van der Waals surface area contributed by atoms with Gasteiger partial charge in [-0.2, -0.15) is 5.10 Å². The summed E-state index contributed by atoms with van der Waals surface area (Å²) in [6, 6.07) is 5.54. The van der Waals surface area contributed by atoms with E-state index < -0.39 is 0 Å². The number of nitrogens with zero attached hydrogens (tertiary/aromatic N) is 1. The topological polar surface area (TPSA) is 50.7 Å². The molecule has 1 aromatic rings. The van der Waals surface area contributed by atoms with E-state index in [2.05, 4.69) is 17.5 Å². The van der Waals surface area contributed by atoms with Crippen LogP contribution in [0.4, 0.5) is 0 Å². The van der Waals surface area contributed by atoms with Crippen LogP contribution in [0.5, 0.6) is 5.75 Å². The first-order valence-electron chi connectivity index (χ1n) is 9.25. The summed E-state index contributed by atoms with van der Waals surface area (Å²) in [5, 5.41) is 5.05. The Morgan fingerprint density at radius 2 is 2.20 bits per heavy atom. The molecule has 0 spiro atoms. The number of carbonyl (C=O) groups excluding carboxylic acids is 1. The Labute approximate surface area is 155 Å². The van der Waals surface area contributed by atoms with E-state index in [0.29, 0.717) is 30.4 Å². The lowest BCUT2D eigenvalue weighted by molar-refractivity contribution is -0.121. The number of amides is 1. The van der Waals surface area contributed by atoms with Crippen molar-refractivity contribution < 1.29 is 9.53 Å². The number of hydrogen-bond donors (Lipinski definition) is 1. The fraction of sp³-hybridized carbons (Fsp3) is 0.600. The van der Waals surface area contributed by atoms with Gasteiger partial charge in [-0.15, -0.1) is 0 Å². The number of rotatable bonds is 7. The molecule has 1 amide bonds. The van der Waals surface area contributed by atoms with Gasteiger partial charge in [-0.05, 0) is 75.1 Å². The molecule has 2 bridgehead atoms. The maximum atomic E-state index is 12.0. The van der Waals surface area contributed by atoms with Gasteiger partial charge in [0, 0.05) is 23.1 Å². The van der Waals surface area contributed by atoms with Crippen LogP contribution >= 0.6 is 11.6 Å². The number of hydrazone groups is 1. The standard InChI is InChI=1S/C20H27ClN2O2/c1-13-10-17(21)7-8-19(13)25-9-3-4-20(24)23-22-14(2)18-12-15-5-6-16(18)11-15/h7-8,10,15-16,18H,3-6,9,11-12H2,1-2H3,(H,23,24)/b22-14+. The molecule has 0 aromatic heterocycles. The molecule has 1 aromatic carbocycles. The van der Waals surface area contributed by atoms with Gasteiger partial charge in [-0.25, -0.2) is 5.43 Å². The third-order valence-corrected chi connectivity index (χ3v) is 5.81. The Kier molecular flexibility index (Phi) is 6.00. The van der Waals surface area contributed by atoms with Crippen molar-refractivity contribution in [3.05, 3.63) is 28.8 Å². The van der Waals surface area contributed by atoms with E-state index in [1.165, 1.54) is 25.7 Å². The third kappa shape index (κ3) is 4.75. The highest BCUT2D eigenvalue weighted by Crippen LogP contribution is 2.48. The molecule has 2 fully saturated rings. The van der Waals surface area contributed by atoms with Gasteiger partial charge < -0.3 is 4.74 Å². The SMILES string of the molecule is C/C(=N\NC(=O)CCCOc1ccc(Cl)cc1C)C1CC2CCC1C2. The summed E-state index contributed by atoms with van der Waals surface area (Å²) < 4.78 is 5.71. The molecule has 2 aliphatic rings. The van der Waals surface area contributed by atoms with E-state index in [9.17, 15) is 4.79 Å². The lowest BCUT2D eigenvalue weighted by Gasteiger charge is -2.21. The van der Waals surface area contributed by atoms with E-state index in [-0.39, 0.29) is 5.91 Å². The number of nitrogens with one attached hydrogen (secondary N) is 1. The van der Waals surface area contributed by atoms with Crippen molar-refractivity contribution in [1.29, 1.82) is 0 Å². The molecule has 136 valence electrons. The van der Waals surface area contributed by atoms with Crippen LogP contribution in [-0.4, -0.2) is 18.2 Å². The molecule has 3 unspecified atom stereocenters. The van der Waals surface area contributed by atoms with Crippen molar-refractivity contribution >= 4 is 23.2 Å². The molecule has 2 saturated carbocycles. The average molecular weight is 363 g/mol. The average Bonchev–Trinajstić information content (AvgIpc) is 3.21. The summed E-state index contributed by atoms with van der Waals surface area (Å²) in [6.45, 7) is 4.52. The van der Waals surface area contributed by atoms with Gasteiger partial charge in [0.2, 0.25) is 5.91 Å². The van der Waals surface area contributed by atoms with E-state index in [1.54, 1.807) is 0 Å². The molecule has 0 saturated heterocycles.